The third-order valence-corrected chi connectivity index (χ3v) is 3.23. The zero-order valence-electron chi connectivity index (χ0n) is 11.7. The van der Waals surface area contributed by atoms with Crippen molar-refractivity contribution in [1.82, 2.24) is 14.9 Å². The Hall–Kier alpha value is -0.666. The molecule has 0 radical (unpaired) electrons. The third kappa shape index (κ3) is 5.56. The van der Waals surface area contributed by atoms with E-state index in [9.17, 15) is 0 Å². The van der Waals surface area contributed by atoms with Gasteiger partial charge in [0.15, 0.2) is 0 Å². The molecule has 3 heterocycles. The van der Waals surface area contributed by atoms with Crippen molar-refractivity contribution in [2.45, 2.75) is 25.9 Å². The van der Waals surface area contributed by atoms with Gasteiger partial charge in [-0.15, -0.1) is 0 Å². The minimum absolute atomic E-state index is 0.569. The van der Waals surface area contributed by atoms with Crippen LogP contribution in [0.5, 0.6) is 0 Å². The predicted octanol–water partition coefficient (Wildman–Crippen LogP) is 3.58. The van der Waals surface area contributed by atoms with Gasteiger partial charge < -0.3 is 0 Å². The number of nitrogens with zero attached hydrogens (tertiary/aromatic N) is 3. The summed E-state index contributed by atoms with van der Waals surface area (Å²) in [6.45, 7) is 1.75. The summed E-state index contributed by atoms with van der Waals surface area (Å²) >= 11 is 0.569. The normalized spacial score (nSPS) is 14.8. The Kier molecular flexibility index (Phi) is 6.92. The minimum atomic E-state index is 0.569. The molecule has 4 bridgehead atoms. The summed E-state index contributed by atoms with van der Waals surface area (Å²) in [6, 6.07) is 12.6. The first kappa shape index (κ1) is 16.7. The van der Waals surface area contributed by atoms with E-state index in [0.29, 0.717) is 12.7 Å². The molecule has 115 valence electrons. The van der Waals surface area contributed by atoms with Crippen LogP contribution in [-0.4, -0.2) is 21.9 Å². The molecule has 3 rings (SSSR count). The Balaban J connectivity index is 0.000000497. The number of fused-ring (bicyclic) bond motifs is 4. The number of hydrogen-bond acceptors (Lipinski definition) is 3. The predicted molar refractivity (Wildman–Crippen MR) is 82.8 cm³/mol. The van der Waals surface area contributed by atoms with Crippen molar-refractivity contribution < 1.29 is 12.7 Å². The van der Waals surface area contributed by atoms with E-state index in [1.165, 1.54) is 0 Å². The first-order valence-electron chi connectivity index (χ1n) is 6.62. The van der Waals surface area contributed by atoms with Crippen LogP contribution < -0.4 is 0 Å². The van der Waals surface area contributed by atoms with Crippen LogP contribution in [0, 0.1) is 0 Å². The fourth-order valence-electron chi connectivity index (χ4n) is 2.38. The van der Waals surface area contributed by atoms with Crippen molar-refractivity contribution in [3.8, 4) is 0 Å². The SMILES string of the molecule is CN1Cc2cccc(n2)CCc2cccc(n2)C1.[Cl][Ni+][Cl]. The summed E-state index contributed by atoms with van der Waals surface area (Å²) < 4.78 is 0. The maximum absolute atomic E-state index is 4.70. The second-order valence-electron chi connectivity index (χ2n) is 4.96. The molecule has 3 nitrogen and oxygen atoms in total. The summed E-state index contributed by atoms with van der Waals surface area (Å²) in [5.41, 5.74) is 4.61. The van der Waals surface area contributed by atoms with Crippen LogP contribution in [0.3, 0.4) is 0 Å². The Bertz CT molecular complexity index is 531. The summed E-state index contributed by atoms with van der Waals surface area (Å²) in [5.74, 6) is 0. The van der Waals surface area contributed by atoms with Crippen LogP contribution in [-0.2, 0) is 38.6 Å². The average molecular weight is 369 g/mol. The molecule has 2 aromatic heterocycles. The molecule has 0 saturated carbocycles. The van der Waals surface area contributed by atoms with E-state index >= 15 is 0 Å². The van der Waals surface area contributed by atoms with E-state index in [2.05, 4.69) is 48.3 Å². The van der Waals surface area contributed by atoms with Crippen LogP contribution in [0.15, 0.2) is 36.4 Å². The van der Waals surface area contributed by atoms with Crippen molar-refractivity contribution >= 4 is 20.4 Å². The van der Waals surface area contributed by atoms with Crippen molar-refractivity contribution in [2.75, 3.05) is 7.05 Å². The van der Waals surface area contributed by atoms with Crippen molar-refractivity contribution in [3.63, 3.8) is 0 Å². The van der Waals surface area contributed by atoms with E-state index in [1.54, 1.807) is 0 Å². The number of aryl methyl sites for hydroxylation is 2. The molecule has 0 unspecified atom stereocenters. The molecule has 0 N–H and O–H groups in total. The van der Waals surface area contributed by atoms with Crippen LogP contribution in [0.4, 0.5) is 0 Å². The zero-order valence-corrected chi connectivity index (χ0v) is 14.2. The Morgan fingerprint density at radius 3 is 1.67 bits per heavy atom. The van der Waals surface area contributed by atoms with Gasteiger partial charge in [0.1, 0.15) is 0 Å². The van der Waals surface area contributed by atoms with Gasteiger partial charge in [0, 0.05) is 24.5 Å². The van der Waals surface area contributed by atoms with Crippen molar-refractivity contribution in [3.05, 3.63) is 59.2 Å². The maximum atomic E-state index is 4.70. The molecule has 6 heteroatoms. The van der Waals surface area contributed by atoms with Crippen LogP contribution >= 0.6 is 20.4 Å². The molecular weight excluding hydrogens is 352 g/mol. The van der Waals surface area contributed by atoms with Gasteiger partial charge in [0.25, 0.3) is 0 Å². The molecule has 0 aromatic carbocycles. The van der Waals surface area contributed by atoms with Gasteiger partial charge in [-0.05, 0) is 44.2 Å². The van der Waals surface area contributed by atoms with Gasteiger partial charge >= 0.3 is 33.0 Å². The van der Waals surface area contributed by atoms with E-state index in [-0.39, 0.29) is 0 Å². The fraction of sp³-hybridized carbons (Fsp3) is 0.333. The summed E-state index contributed by atoms with van der Waals surface area (Å²) in [5, 5.41) is 0. The molecule has 1 aliphatic heterocycles. The quantitative estimate of drug-likeness (QED) is 0.665. The molecule has 0 amide bonds. The van der Waals surface area contributed by atoms with Crippen molar-refractivity contribution in [2.24, 2.45) is 0 Å². The number of rotatable bonds is 0. The van der Waals surface area contributed by atoms with Gasteiger partial charge in [-0.1, -0.05) is 12.1 Å². The monoisotopic (exact) mass is 367 g/mol. The summed E-state index contributed by atoms with van der Waals surface area (Å²) in [4.78, 5) is 11.7. The second-order valence-corrected chi connectivity index (χ2v) is 6.59. The standard InChI is InChI=1S/C15H17N3.2ClH.Ni/c1-18-10-14-6-2-4-12(16-14)8-9-13-5-3-7-15(11-18)17-13;;;/h2-7H,8-11H2,1H3;2*1H;/q;;;+3/p-2. The Morgan fingerprint density at radius 2 is 1.24 bits per heavy atom. The zero-order chi connectivity index (χ0) is 15.1. The molecule has 0 atom stereocenters. The first-order valence-corrected chi connectivity index (χ1v) is 9.33. The van der Waals surface area contributed by atoms with Gasteiger partial charge in [-0.25, -0.2) is 0 Å². The Labute approximate surface area is 140 Å². The van der Waals surface area contributed by atoms with E-state index in [4.69, 9.17) is 30.4 Å². The number of hydrogen-bond donors (Lipinski definition) is 0. The number of pyridine rings is 2. The molecule has 2 aromatic rings. The second kappa shape index (κ2) is 8.70. The van der Waals surface area contributed by atoms with Gasteiger partial charge in [0.05, 0.1) is 11.4 Å². The van der Waals surface area contributed by atoms with Gasteiger partial charge in [0.2, 0.25) is 0 Å². The van der Waals surface area contributed by atoms with E-state index in [0.717, 1.165) is 48.7 Å². The molecule has 0 spiro atoms. The molecule has 1 aliphatic rings. The van der Waals surface area contributed by atoms with Crippen molar-refractivity contribution in [1.29, 1.82) is 0 Å². The molecular formula is C15H17Cl2N3Ni+. The topological polar surface area (TPSA) is 29.0 Å². The number of halogens is 2. The van der Waals surface area contributed by atoms with Crippen LogP contribution in [0.25, 0.3) is 0 Å². The van der Waals surface area contributed by atoms with Gasteiger partial charge in [-0.3, -0.25) is 14.9 Å². The van der Waals surface area contributed by atoms with Crippen LogP contribution in [0.1, 0.15) is 22.8 Å². The fourth-order valence-corrected chi connectivity index (χ4v) is 2.38. The Morgan fingerprint density at radius 1 is 0.857 bits per heavy atom. The third-order valence-electron chi connectivity index (χ3n) is 3.23. The van der Waals surface area contributed by atoms with E-state index < -0.39 is 0 Å². The first-order chi connectivity index (χ1) is 10.2. The van der Waals surface area contributed by atoms with Crippen LogP contribution in [0.2, 0.25) is 0 Å². The molecule has 0 saturated heterocycles. The molecule has 21 heavy (non-hydrogen) atoms. The molecule has 0 aliphatic carbocycles. The summed E-state index contributed by atoms with van der Waals surface area (Å²) in [7, 11) is 11.5. The average Bonchev–Trinajstić information content (AvgIpc) is 2.47. The number of aromatic nitrogens is 2. The van der Waals surface area contributed by atoms with E-state index in [1.807, 2.05) is 0 Å². The van der Waals surface area contributed by atoms with Gasteiger partial charge in [-0.2, -0.15) is 0 Å². The summed E-state index contributed by atoms with van der Waals surface area (Å²) in [6.07, 6.45) is 1.93. The molecule has 0 fully saturated rings.